The highest BCUT2D eigenvalue weighted by Gasteiger charge is 2.25. The van der Waals surface area contributed by atoms with Crippen LogP contribution in [0.2, 0.25) is 0 Å². The van der Waals surface area contributed by atoms with E-state index in [9.17, 15) is 4.79 Å². The number of tetrazole rings is 1. The van der Waals surface area contributed by atoms with E-state index >= 15 is 0 Å². The highest BCUT2D eigenvalue weighted by Crippen LogP contribution is 2.26. The summed E-state index contributed by atoms with van der Waals surface area (Å²) < 4.78 is 3.75. The number of nitrogens with zero attached hydrogens (tertiary/aromatic N) is 7. The Morgan fingerprint density at radius 3 is 2.52 bits per heavy atom. The first-order valence-corrected chi connectivity index (χ1v) is 9.21. The molecule has 0 atom stereocenters. The van der Waals surface area contributed by atoms with E-state index in [0.29, 0.717) is 12.3 Å². The van der Waals surface area contributed by atoms with Gasteiger partial charge < -0.3 is 9.47 Å². The summed E-state index contributed by atoms with van der Waals surface area (Å²) in [7, 11) is 2.03. The van der Waals surface area contributed by atoms with Crippen LogP contribution >= 0.6 is 0 Å². The molecule has 0 radical (unpaired) electrons. The van der Waals surface area contributed by atoms with E-state index in [1.165, 1.54) is 0 Å². The van der Waals surface area contributed by atoms with Crippen LogP contribution in [0.4, 0.5) is 0 Å². The predicted molar refractivity (Wildman–Crippen MR) is 99.4 cm³/mol. The number of carbonyl (C=O) groups is 1. The molecule has 8 heteroatoms. The normalized spacial score (nSPS) is 15.3. The second kappa shape index (κ2) is 7.30. The summed E-state index contributed by atoms with van der Waals surface area (Å²) in [6.07, 6.45) is 6.17. The van der Waals surface area contributed by atoms with Gasteiger partial charge in [-0.1, -0.05) is 12.1 Å². The van der Waals surface area contributed by atoms with E-state index in [4.69, 9.17) is 0 Å². The number of piperidine rings is 1. The highest BCUT2D eigenvalue weighted by atomic mass is 16.2. The molecule has 2 aromatic heterocycles. The van der Waals surface area contributed by atoms with Crippen LogP contribution in [-0.2, 0) is 18.3 Å². The van der Waals surface area contributed by atoms with Crippen LogP contribution in [0.15, 0.2) is 36.7 Å². The molecule has 1 saturated heterocycles. The maximum Gasteiger partial charge on any atom is 0.226 e. The topological polar surface area (TPSA) is 81.7 Å². The van der Waals surface area contributed by atoms with Gasteiger partial charge in [0.2, 0.25) is 5.91 Å². The van der Waals surface area contributed by atoms with Crippen molar-refractivity contribution in [3.63, 3.8) is 0 Å². The average molecular weight is 365 g/mol. The van der Waals surface area contributed by atoms with Crippen LogP contribution in [-0.4, -0.2) is 53.7 Å². The van der Waals surface area contributed by atoms with Gasteiger partial charge in [-0.05, 0) is 47.9 Å². The number of imidazole rings is 1. The molecule has 8 nitrogen and oxygen atoms in total. The van der Waals surface area contributed by atoms with Crippen molar-refractivity contribution in [3.05, 3.63) is 53.9 Å². The summed E-state index contributed by atoms with van der Waals surface area (Å²) in [5.74, 6) is 2.47. The van der Waals surface area contributed by atoms with Gasteiger partial charge in [-0.2, -0.15) is 4.68 Å². The molecule has 3 heterocycles. The first-order chi connectivity index (χ1) is 13.1. The van der Waals surface area contributed by atoms with Gasteiger partial charge in [-0.15, -0.1) is 5.10 Å². The molecule has 1 amide bonds. The Kier molecular flexibility index (Phi) is 4.70. The average Bonchev–Trinajstić information content (AvgIpc) is 3.31. The Morgan fingerprint density at radius 2 is 1.93 bits per heavy atom. The second-order valence-corrected chi connectivity index (χ2v) is 7.03. The van der Waals surface area contributed by atoms with Gasteiger partial charge in [0.1, 0.15) is 5.82 Å². The number of amides is 1. The lowest BCUT2D eigenvalue weighted by Crippen LogP contribution is -2.39. The van der Waals surface area contributed by atoms with Gasteiger partial charge in [0.25, 0.3) is 0 Å². The fourth-order valence-corrected chi connectivity index (χ4v) is 3.67. The Morgan fingerprint density at radius 1 is 1.19 bits per heavy atom. The zero-order valence-electron chi connectivity index (χ0n) is 15.6. The molecule has 27 heavy (non-hydrogen) atoms. The second-order valence-electron chi connectivity index (χ2n) is 7.03. The number of hydrogen-bond donors (Lipinski definition) is 0. The molecule has 0 bridgehead atoms. The van der Waals surface area contributed by atoms with Crippen LogP contribution in [0.1, 0.15) is 36.0 Å². The monoisotopic (exact) mass is 365 g/mol. The van der Waals surface area contributed by atoms with E-state index in [1.54, 1.807) is 4.68 Å². The molecule has 0 N–H and O–H groups in total. The number of hydrogen-bond acceptors (Lipinski definition) is 5. The summed E-state index contributed by atoms with van der Waals surface area (Å²) in [4.78, 5) is 19.1. The van der Waals surface area contributed by atoms with Gasteiger partial charge in [0, 0.05) is 38.4 Å². The lowest BCUT2D eigenvalue weighted by Gasteiger charge is -2.31. The molecular weight excluding hydrogens is 342 g/mol. The highest BCUT2D eigenvalue weighted by molar-refractivity contribution is 5.79. The van der Waals surface area contributed by atoms with Crippen molar-refractivity contribution >= 4 is 5.91 Å². The molecule has 0 aliphatic carbocycles. The number of aryl methyl sites for hydroxylation is 2. The SMILES string of the molecule is Cc1nnnn1-c1ccc(CC(=O)N2CCC(c3nccn3C)CC2)cc1. The van der Waals surface area contributed by atoms with Crippen molar-refractivity contribution in [1.29, 1.82) is 0 Å². The minimum atomic E-state index is 0.180. The summed E-state index contributed by atoms with van der Waals surface area (Å²) in [5, 5.41) is 11.5. The fourth-order valence-electron chi connectivity index (χ4n) is 3.67. The first kappa shape index (κ1) is 17.4. The summed E-state index contributed by atoms with van der Waals surface area (Å²) in [6, 6.07) is 7.82. The molecular formula is C19H23N7O. The Labute approximate surface area is 157 Å². The van der Waals surface area contributed by atoms with Crippen molar-refractivity contribution in [3.8, 4) is 5.69 Å². The van der Waals surface area contributed by atoms with Crippen molar-refractivity contribution in [2.24, 2.45) is 7.05 Å². The van der Waals surface area contributed by atoms with Crippen LogP contribution < -0.4 is 0 Å². The standard InChI is InChI=1S/C19H23N7O/c1-14-21-22-23-26(14)17-5-3-15(4-6-17)13-18(27)25-10-7-16(8-11-25)19-20-9-12-24(19)2/h3-6,9,12,16H,7-8,10-11,13H2,1-2H3. The van der Waals surface area contributed by atoms with Crippen molar-refractivity contribution in [2.75, 3.05) is 13.1 Å². The fraction of sp³-hybridized carbons (Fsp3) is 0.421. The quantitative estimate of drug-likeness (QED) is 0.702. The van der Waals surface area contributed by atoms with Crippen molar-refractivity contribution in [2.45, 2.75) is 32.1 Å². The minimum absolute atomic E-state index is 0.180. The van der Waals surface area contributed by atoms with Gasteiger partial charge in [-0.25, -0.2) is 4.98 Å². The molecule has 1 aliphatic rings. The molecule has 0 unspecified atom stereocenters. The molecule has 0 spiro atoms. The Bertz CT molecular complexity index is 920. The van der Waals surface area contributed by atoms with Gasteiger partial charge in [0.05, 0.1) is 12.1 Å². The zero-order valence-corrected chi connectivity index (χ0v) is 15.6. The Hall–Kier alpha value is -3.03. The maximum absolute atomic E-state index is 12.7. The molecule has 1 fully saturated rings. The lowest BCUT2D eigenvalue weighted by atomic mass is 9.95. The van der Waals surface area contributed by atoms with E-state index in [0.717, 1.165) is 48.8 Å². The first-order valence-electron chi connectivity index (χ1n) is 9.21. The van der Waals surface area contributed by atoms with Crippen LogP contribution in [0.5, 0.6) is 0 Å². The summed E-state index contributed by atoms with van der Waals surface area (Å²) in [5.41, 5.74) is 1.89. The zero-order chi connectivity index (χ0) is 18.8. The van der Waals surface area contributed by atoms with Crippen molar-refractivity contribution in [1.82, 2.24) is 34.7 Å². The van der Waals surface area contributed by atoms with E-state index in [-0.39, 0.29) is 5.91 Å². The van der Waals surface area contributed by atoms with E-state index in [2.05, 4.69) is 25.1 Å². The van der Waals surface area contributed by atoms with Gasteiger partial charge in [-0.3, -0.25) is 4.79 Å². The number of rotatable bonds is 4. The van der Waals surface area contributed by atoms with Crippen LogP contribution in [0, 0.1) is 6.92 Å². The molecule has 1 aromatic carbocycles. The van der Waals surface area contributed by atoms with Crippen molar-refractivity contribution < 1.29 is 4.79 Å². The van der Waals surface area contributed by atoms with E-state index < -0.39 is 0 Å². The minimum Gasteiger partial charge on any atom is -0.342 e. The third-order valence-electron chi connectivity index (χ3n) is 5.23. The van der Waals surface area contributed by atoms with Crippen LogP contribution in [0.25, 0.3) is 5.69 Å². The van der Waals surface area contributed by atoms with Gasteiger partial charge in [0.15, 0.2) is 5.82 Å². The number of benzene rings is 1. The summed E-state index contributed by atoms with van der Waals surface area (Å²) >= 11 is 0. The van der Waals surface area contributed by atoms with E-state index in [1.807, 2.05) is 55.5 Å². The number of likely N-dealkylation sites (tertiary alicyclic amines) is 1. The van der Waals surface area contributed by atoms with Gasteiger partial charge >= 0.3 is 0 Å². The third-order valence-corrected chi connectivity index (χ3v) is 5.23. The molecule has 0 saturated carbocycles. The maximum atomic E-state index is 12.7. The Balaban J connectivity index is 1.34. The smallest absolute Gasteiger partial charge is 0.226 e. The lowest BCUT2D eigenvalue weighted by molar-refractivity contribution is -0.131. The number of aromatic nitrogens is 6. The summed E-state index contributed by atoms with van der Waals surface area (Å²) in [6.45, 7) is 3.43. The largest absolute Gasteiger partial charge is 0.342 e. The molecule has 4 rings (SSSR count). The molecule has 1 aliphatic heterocycles. The van der Waals surface area contributed by atoms with Crippen LogP contribution in [0.3, 0.4) is 0 Å². The number of carbonyl (C=O) groups excluding carboxylic acids is 1. The third kappa shape index (κ3) is 3.60. The molecule has 3 aromatic rings. The molecule has 140 valence electrons. The predicted octanol–water partition coefficient (Wildman–Crippen LogP) is 1.65.